The first-order chi connectivity index (χ1) is 20.8. The van der Waals surface area contributed by atoms with Gasteiger partial charge in [-0.3, -0.25) is 9.59 Å². The largest absolute Gasteiger partial charge is 0.481 e. The van der Waals surface area contributed by atoms with Crippen LogP contribution in [0, 0.1) is 23.6 Å². The maximum atomic E-state index is 15.0. The maximum Gasteiger partial charge on any atom is 0.435 e. The first kappa shape index (κ1) is 33.1. The fourth-order valence-corrected chi connectivity index (χ4v) is 9.96. The van der Waals surface area contributed by atoms with Gasteiger partial charge in [0.2, 0.25) is 5.91 Å². The van der Waals surface area contributed by atoms with Crippen molar-refractivity contribution in [3.8, 4) is 0 Å². The highest BCUT2D eigenvalue weighted by Gasteiger charge is 2.74. The number of halogens is 8. The molecule has 1 amide bonds. The van der Waals surface area contributed by atoms with Gasteiger partial charge in [-0.25, -0.2) is 17.2 Å². The van der Waals surface area contributed by atoms with Crippen molar-refractivity contribution in [2.45, 2.75) is 79.2 Å². The molecule has 1 heterocycles. The van der Waals surface area contributed by atoms with Crippen LogP contribution in [0.25, 0.3) is 0 Å². The Hall–Kier alpha value is -3.23. The van der Waals surface area contributed by atoms with Crippen LogP contribution in [-0.4, -0.2) is 55.2 Å². The first-order valence-corrected chi connectivity index (χ1v) is 15.8. The van der Waals surface area contributed by atoms with Gasteiger partial charge >= 0.3 is 24.0 Å². The van der Waals surface area contributed by atoms with Crippen LogP contribution in [-0.2, 0) is 36.3 Å². The van der Waals surface area contributed by atoms with Gasteiger partial charge in [-0.1, -0.05) is 31.2 Å². The van der Waals surface area contributed by atoms with E-state index in [1.807, 2.05) is 0 Å². The second kappa shape index (κ2) is 10.9. The molecule has 15 heteroatoms. The third-order valence-electron chi connectivity index (χ3n) is 9.77. The van der Waals surface area contributed by atoms with Crippen molar-refractivity contribution < 1.29 is 58.2 Å². The van der Waals surface area contributed by atoms with Crippen LogP contribution in [0.15, 0.2) is 47.4 Å². The third kappa shape index (κ3) is 4.99. The molecule has 0 spiro atoms. The van der Waals surface area contributed by atoms with Crippen LogP contribution in [0.5, 0.6) is 0 Å². The molecule has 6 nitrogen and oxygen atoms in total. The molecule has 1 N–H and O–H groups in total. The van der Waals surface area contributed by atoms with Crippen LogP contribution in [0.2, 0.25) is 0 Å². The van der Waals surface area contributed by atoms with Gasteiger partial charge in [0.1, 0.15) is 10.6 Å². The van der Waals surface area contributed by atoms with Crippen LogP contribution in [0.1, 0.15) is 55.7 Å². The normalized spacial score (nSPS) is 27.5. The van der Waals surface area contributed by atoms with Crippen LogP contribution in [0.3, 0.4) is 0 Å². The molecule has 45 heavy (non-hydrogen) atoms. The topological polar surface area (TPSA) is 91.8 Å². The molecular formula is C30H29F8NO5S. The number of nitrogens with zero attached hydrogens (tertiary/aromatic N) is 1. The van der Waals surface area contributed by atoms with E-state index in [1.165, 1.54) is 4.90 Å². The van der Waals surface area contributed by atoms with Gasteiger partial charge in [-0.15, -0.1) is 0 Å². The lowest BCUT2D eigenvalue weighted by Crippen LogP contribution is -2.54. The van der Waals surface area contributed by atoms with E-state index in [9.17, 15) is 58.2 Å². The average molecular weight is 668 g/mol. The van der Waals surface area contributed by atoms with E-state index in [1.54, 1.807) is 6.92 Å². The molecule has 0 radical (unpaired) electrons. The highest BCUT2D eigenvalue weighted by molar-refractivity contribution is 7.92. The summed E-state index contributed by atoms with van der Waals surface area (Å²) in [4.78, 5) is 26.3. The molecule has 5 rings (SSSR count). The molecular weight excluding hydrogens is 638 g/mol. The van der Waals surface area contributed by atoms with Crippen LogP contribution < -0.4 is 0 Å². The molecule has 1 aliphatic heterocycles. The zero-order chi connectivity index (χ0) is 33.3. The number of amides is 1. The number of carbonyl (C=O) groups is 2. The van der Waals surface area contributed by atoms with Crippen molar-refractivity contribution in [2.75, 3.05) is 6.54 Å². The molecule has 2 aromatic carbocycles. The Kier molecular flexibility index (Phi) is 8.06. The number of carboxylic acid groups (broad SMARTS) is 1. The predicted molar refractivity (Wildman–Crippen MR) is 143 cm³/mol. The molecule has 1 saturated carbocycles. The third-order valence-corrected chi connectivity index (χ3v) is 12.3. The van der Waals surface area contributed by atoms with E-state index in [4.69, 9.17) is 0 Å². The first-order valence-electron chi connectivity index (χ1n) is 14.3. The Morgan fingerprint density at radius 2 is 1.62 bits per heavy atom. The second-order valence-electron chi connectivity index (χ2n) is 12.1. The molecule has 2 aliphatic carbocycles. The standard InChI is InChI=1S/C30H29F8NO5S/c1-16-13-18(5-8-22(16)26(41)42)25(40)39-12-11-27(45(43,44)21-4-2-3-20(31)15-21)23-9-7-19(14-17(23)6-10-24(27)39)28(32,29(33,34)35)30(36,37)38/h2-4,7,9,14-16,18,22,24H,5-6,8,10-13H2,1H3,(H,41,42)/t16-,18+,22+,24+,27+/m0/s1. The van der Waals surface area contributed by atoms with Crippen molar-refractivity contribution >= 4 is 21.7 Å². The minimum absolute atomic E-state index is 0.148. The van der Waals surface area contributed by atoms with Gasteiger partial charge in [-0.2, -0.15) is 26.3 Å². The smallest absolute Gasteiger partial charge is 0.435 e. The van der Waals surface area contributed by atoms with E-state index < -0.39 is 78.6 Å². The number of carboxylic acids is 1. The van der Waals surface area contributed by atoms with Gasteiger partial charge in [-0.05, 0) is 73.8 Å². The number of likely N-dealkylation sites (tertiary alicyclic amines) is 1. The molecule has 2 aromatic rings. The summed E-state index contributed by atoms with van der Waals surface area (Å²) < 4.78 is 137. The number of fused-ring (bicyclic) bond motifs is 3. The quantitative estimate of drug-likeness (QED) is 0.370. The molecule has 0 unspecified atom stereocenters. The van der Waals surface area contributed by atoms with Crippen molar-refractivity contribution in [1.29, 1.82) is 0 Å². The fraction of sp³-hybridized carbons (Fsp3) is 0.533. The number of hydrogen-bond acceptors (Lipinski definition) is 4. The average Bonchev–Trinajstić information content (AvgIpc) is 3.36. The molecule has 5 atom stereocenters. The molecule has 2 fully saturated rings. The summed E-state index contributed by atoms with van der Waals surface area (Å²) in [6.45, 7) is 1.55. The summed E-state index contributed by atoms with van der Waals surface area (Å²) in [7, 11) is -4.68. The van der Waals surface area contributed by atoms with Crippen molar-refractivity contribution in [2.24, 2.45) is 17.8 Å². The number of benzene rings is 2. The van der Waals surface area contributed by atoms with Gasteiger partial charge in [0.25, 0.3) is 0 Å². The molecule has 3 aliphatic rings. The van der Waals surface area contributed by atoms with E-state index >= 15 is 0 Å². The monoisotopic (exact) mass is 667 g/mol. The summed E-state index contributed by atoms with van der Waals surface area (Å²) in [6.07, 6.45) is -12.9. The maximum absolute atomic E-state index is 15.0. The summed E-state index contributed by atoms with van der Waals surface area (Å²) in [5.41, 5.74) is -7.93. The molecule has 0 bridgehead atoms. The number of alkyl halides is 7. The SMILES string of the molecule is C[C@H]1C[C@H](C(=O)N2CC[C@@]3(S(=O)(=O)c4cccc(F)c4)c4ccc(C(F)(C(F)(F)F)C(F)(F)F)cc4CC[C@@H]23)CC[C@H]1C(=O)O. The van der Waals surface area contributed by atoms with Gasteiger partial charge in [0.15, 0.2) is 9.84 Å². The highest BCUT2D eigenvalue weighted by Crippen LogP contribution is 2.57. The minimum Gasteiger partial charge on any atom is -0.481 e. The lowest BCUT2D eigenvalue weighted by molar-refractivity contribution is -0.348. The number of sulfone groups is 1. The molecule has 0 aromatic heterocycles. The van der Waals surface area contributed by atoms with Crippen molar-refractivity contribution in [1.82, 2.24) is 4.90 Å². The number of hydrogen-bond donors (Lipinski definition) is 1. The van der Waals surface area contributed by atoms with Gasteiger partial charge in [0, 0.05) is 18.0 Å². The van der Waals surface area contributed by atoms with Crippen molar-refractivity contribution in [3.63, 3.8) is 0 Å². The molecule has 1 saturated heterocycles. The number of aryl methyl sites for hydroxylation is 1. The molecule has 246 valence electrons. The second-order valence-corrected chi connectivity index (χ2v) is 14.4. The Morgan fingerprint density at radius 3 is 2.20 bits per heavy atom. The minimum atomic E-state index is -6.38. The summed E-state index contributed by atoms with van der Waals surface area (Å²) >= 11 is 0. The Morgan fingerprint density at radius 1 is 0.956 bits per heavy atom. The Bertz CT molecular complexity index is 1610. The summed E-state index contributed by atoms with van der Waals surface area (Å²) in [6, 6.07) is 4.22. The number of carbonyl (C=O) groups excluding carboxylic acids is 1. The van der Waals surface area contributed by atoms with E-state index in [0.717, 1.165) is 30.3 Å². The summed E-state index contributed by atoms with van der Waals surface area (Å²) in [5, 5.41) is 9.47. The van der Waals surface area contributed by atoms with Gasteiger partial charge in [0.05, 0.1) is 16.9 Å². The zero-order valence-electron chi connectivity index (χ0n) is 23.8. The predicted octanol–water partition coefficient (Wildman–Crippen LogP) is 6.47. The zero-order valence-corrected chi connectivity index (χ0v) is 24.6. The number of rotatable bonds is 5. The highest BCUT2D eigenvalue weighted by atomic mass is 32.2. The van der Waals surface area contributed by atoms with Crippen LogP contribution >= 0.6 is 0 Å². The summed E-state index contributed by atoms with van der Waals surface area (Å²) in [5.74, 6) is -4.01. The Labute approximate surface area is 253 Å². The number of aliphatic carboxylic acids is 1. The fourth-order valence-electron chi connectivity index (χ4n) is 7.56. The van der Waals surface area contributed by atoms with E-state index in [-0.39, 0.29) is 68.2 Å². The van der Waals surface area contributed by atoms with Crippen LogP contribution in [0.4, 0.5) is 35.1 Å². The van der Waals surface area contributed by atoms with Gasteiger partial charge < -0.3 is 10.0 Å². The van der Waals surface area contributed by atoms with E-state index in [0.29, 0.717) is 6.07 Å². The van der Waals surface area contributed by atoms with E-state index in [2.05, 4.69) is 0 Å². The van der Waals surface area contributed by atoms with Crippen molar-refractivity contribution in [3.05, 3.63) is 65.0 Å². The Balaban J connectivity index is 1.63. The lowest BCUT2D eigenvalue weighted by atomic mass is 9.74. The lowest BCUT2D eigenvalue weighted by Gasteiger charge is -2.44.